The molecule has 1 aromatic rings. The summed E-state index contributed by atoms with van der Waals surface area (Å²) in [6, 6.07) is 5.16. The van der Waals surface area contributed by atoms with Gasteiger partial charge in [-0.2, -0.15) is 0 Å². The van der Waals surface area contributed by atoms with E-state index in [2.05, 4.69) is 51.0 Å². The molecule has 2 atom stereocenters. The highest BCUT2D eigenvalue weighted by molar-refractivity contribution is 9.10. The average Bonchev–Trinajstić information content (AvgIpc) is 2.17. The van der Waals surface area contributed by atoms with Crippen molar-refractivity contribution >= 4 is 21.7 Å². The maximum atomic E-state index is 4.42. The third-order valence-electron chi connectivity index (χ3n) is 2.59. The highest BCUT2D eigenvalue weighted by atomic mass is 79.9. The summed E-state index contributed by atoms with van der Waals surface area (Å²) in [5.74, 6) is 1.07. The van der Waals surface area contributed by atoms with E-state index in [1.807, 2.05) is 12.3 Å². The summed E-state index contributed by atoms with van der Waals surface area (Å²) in [5, 5.41) is 3.51. The fraction of sp³-hybridized carbons (Fsp3) is 0.545. The van der Waals surface area contributed by atoms with Gasteiger partial charge in [0.25, 0.3) is 0 Å². The molecule has 2 heterocycles. The summed E-state index contributed by atoms with van der Waals surface area (Å²) in [6.07, 6.45) is 1.85. The van der Waals surface area contributed by atoms with E-state index in [9.17, 15) is 0 Å². The van der Waals surface area contributed by atoms with E-state index in [4.69, 9.17) is 0 Å². The molecule has 82 valence electrons. The Bertz CT molecular complexity index is 315. The number of hydrogen-bond acceptors (Lipinski definition) is 3. The normalized spacial score (nSPS) is 26.7. The maximum absolute atomic E-state index is 4.42. The van der Waals surface area contributed by atoms with Crippen LogP contribution in [0, 0.1) is 0 Å². The van der Waals surface area contributed by atoms with Crippen LogP contribution in [-0.2, 0) is 0 Å². The number of aromatic nitrogens is 1. The molecule has 3 nitrogen and oxygen atoms in total. The first-order valence-electron chi connectivity index (χ1n) is 5.27. The second-order valence-electron chi connectivity index (χ2n) is 4.21. The van der Waals surface area contributed by atoms with E-state index in [-0.39, 0.29) is 0 Å². The van der Waals surface area contributed by atoms with Gasteiger partial charge < -0.3 is 10.2 Å². The minimum absolute atomic E-state index is 0.527. The molecular formula is C11H16BrN3. The lowest BCUT2D eigenvalue weighted by atomic mass is 10.1. The van der Waals surface area contributed by atoms with Crippen LogP contribution in [0.4, 0.5) is 5.82 Å². The van der Waals surface area contributed by atoms with Gasteiger partial charge in [0.05, 0.1) is 0 Å². The van der Waals surface area contributed by atoms with Gasteiger partial charge in [-0.25, -0.2) is 4.98 Å². The molecule has 0 saturated carbocycles. The molecule has 1 aliphatic heterocycles. The standard InChI is InChI=1S/C11H16BrN3/c1-8-6-15(7-9(2)14-8)11-4-3-10(12)5-13-11/h3-5,8-9,14H,6-7H2,1-2H3. The van der Waals surface area contributed by atoms with E-state index in [1.165, 1.54) is 0 Å². The molecule has 2 rings (SSSR count). The lowest BCUT2D eigenvalue weighted by Crippen LogP contribution is -2.54. The molecule has 1 aromatic heterocycles. The lowest BCUT2D eigenvalue weighted by Gasteiger charge is -2.36. The number of anilines is 1. The van der Waals surface area contributed by atoms with Crippen molar-refractivity contribution in [2.75, 3.05) is 18.0 Å². The van der Waals surface area contributed by atoms with Crippen LogP contribution in [0.3, 0.4) is 0 Å². The van der Waals surface area contributed by atoms with Crippen molar-refractivity contribution in [1.29, 1.82) is 0 Å². The number of piperazine rings is 1. The lowest BCUT2D eigenvalue weighted by molar-refractivity contribution is 0.405. The molecule has 1 N–H and O–H groups in total. The van der Waals surface area contributed by atoms with E-state index < -0.39 is 0 Å². The second kappa shape index (κ2) is 4.49. The van der Waals surface area contributed by atoms with Crippen LogP contribution in [0.5, 0.6) is 0 Å². The van der Waals surface area contributed by atoms with Gasteiger partial charge in [-0.1, -0.05) is 0 Å². The van der Waals surface area contributed by atoms with Crippen LogP contribution in [0.1, 0.15) is 13.8 Å². The Morgan fingerprint density at radius 3 is 2.53 bits per heavy atom. The number of hydrogen-bond donors (Lipinski definition) is 1. The van der Waals surface area contributed by atoms with Crippen molar-refractivity contribution in [2.24, 2.45) is 0 Å². The van der Waals surface area contributed by atoms with E-state index in [0.717, 1.165) is 23.4 Å². The third-order valence-corrected chi connectivity index (χ3v) is 3.06. The summed E-state index contributed by atoms with van der Waals surface area (Å²) in [5.41, 5.74) is 0. The fourth-order valence-corrected chi connectivity index (χ4v) is 2.30. The molecule has 2 unspecified atom stereocenters. The molecule has 1 fully saturated rings. The minimum atomic E-state index is 0.527. The number of nitrogens with zero attached hydrogens (tertiary/aromatic N) is 2. The number of nitrogens with one attached hydrogen (secondary N) is 1. The molecule has 4 heteroatoms. The predicted octanol–water partition coefficient (Wildman–Crippen LogP) is 2.03. The van der Waals surface area contributed by atoms with Gasteiger partial charge >= 0.3 is 0 Å². The van der Waals surface area contributed by atoms with Gasteiger partial charge in [-0.15, -0.1) is 0 Å². The van der Waals surface area contributed by atoms with Crippen LogP contribution >= 0.6 is 15.9 Å². The summed E-state index contributed by atoms with van der Waals surface area (Å²) in [7, 11) is 0. The zero-order valence-corrected chi connectivity index (χ0v) is 10.7. The molecule has 0 bridgehead atoms. The number of pyridine rings is 1. The first kappa shape index (κ1) is 10.9. The van der Waals surface area contributed by atoms with E-state index >= 15 is 0 Å². The van der Waals surface area contributed by atoms with Crippen LogP contribution in [0.2, 0.25) is 0 Å². The van der Waals surface area contributed by atoms with Gasteiger partial charge in [0, 0.05) is 35.8 Å². The van der Waals surface area contributed by atoms with Crippen LogP contribution in [0.25, 0.3) is 0 Å². The quantitative estimate of drug-likeness (QED) is 0.846. The summed E-state index contributed by atoms with van der Waals surface area (Å²) >= 11 is 3.40. The zero-order chi connectivity index (χ0) is 10.8. The summed E-state index contributed by atoms with van der Waals surface area (Å²) < 4.78 is 1.03. The molecule has 0 aliphatic carbocycles. The van der Waals surface area contributed by atoms with E-state index in [1.54, 1.807) is 0 Å². The van der Waals surface area contributed by atoms with Crippen molar-refractivity contribution < 1.29 is 0 Å². The molecular weight excluding hydrogens is 254 g/mol. The Balaban J connectivity index is 2.12. The van der Waals surface area contributed by atoms with Gasteiger partial charge in [0.2, 0.25) is 0 Å². The van der Waals surface area contributed by atoms with Crippen molar-refractivity contribution in [3.8, 4) is 0 Å². The van der Waals surface area contributed by atoms with Crippen LogP contribution < -0.4 is 10.2 Å². The average molecular weight is 270 g/mol. The Kier molecular flexibility index (Phi) is 3.26. The SMILES string of the molecule is CC1CN(c2ccc(Br)cn2)CC(C)N1. The summed E-state index contributed by atoms with van der Waals surface area (Å²) in [4.78, 5) is 6.75. The van der Waals surface area contributed by atoms with Crippen molar-refractivity contribution in [3.63, 3.8) is 0 Å². The first-order valence-corrected chi connectivity index (χ1v) is 6.07. The smallest absolute Gasteiger partial charge is 0.128 e. The first-order chi connectivity index (χ1) is 7.15. The van der Waals surface area contributed by atoms with Gasteiger partial charge in [-0.3, -0.25) is 0 Å². The molecule has 15 heavy (non-hydrogen) atoms. The fourth-order valence-electron chi connectivity index (χ4n) is 2.07. The highest BCUT2D eigenvalue weighted by Crippen LogP contribution is 2.17. The maximum Gasteiger partial charge on any atom is 0.128 e. The molecule has 0 spiro atoms. The van der Waals surface area contributed by atoms with Crippen molar-refractivity contribution in [3.05, 3.63) is 22.8 Å². The summed E-state index contributed by atoms with van der Waals surface area (Å²) in [6.45, 7) is 6.47. The highest BCUT2D eigenvalue weighted by Gasteiger charge is 2.21. The minimum Gasteiger partial charge on any atom is -0.354 e. The molecule has 1 aliphatic rings. The second-order valence-corrected chi connectivity index (χ2v) is 5.12. The molecule has 0 aromatic carbocycles. The third kappa shape index (κ3) is 2.69. The Morgan fingerprint density at radius 1 is 1.33 bits per heavy atom. The monoisotopic (exact) mass is 269 g/mol. The number of halogens is 1. The largest absolute Gasteiger partial charge is 0.354 e. The topological polar surface area (TPSA) is 28.2 Å². The van der Waals surface area contributed by atoms with Crippen LogP contribution in [0.15, 0.2) is 22.8 Å². The molecule has 0 amide bonds. The number of rotatable bonds is 1. The Labute approximate surface area is 99.0 Å². The van der Waals surface area contributed by atoms with Crippen molar-refractivity contribution in [2.45, 2.75) is 25.9 Å². The molecule has 1 saturated heterocycles. The van der Waals surface area contributed by atoms with Gasteiger partial charge in [0.15, 0.2) is 0 Å². The Morgan fingerprint density at radius 2 is 2.00 bits per heavy atom. The predicted molar refractivity (Wildman–Crippen MR) is 66.2 cm³/mol. The van der Waals surface area contributed by atoms with Crippen molar-refractivity contribution in [1.82, 2.24) is 10.3 Å². The molecule has 0 radical (unpaired) electrons. The van der Waals surface area contributed by atoms with Gasteiger partial charge in [-0.05, 0) is 41.9 Å². The van der Waals surface area contributed by atoms with Crippen LogP contribution in [-0.4, -0.2) is 30.2 Å². The van der Waals surface area contributed by atoms with Gasteiger partial charge in [0.1, 0.15) is 5.82 Å². The Hall–Kier alpha value is -0.610. The zero-order valence-electron chi connectivity index (χ0n) is 9.07. The van der Waals surface area contributed by atoms with E-state index in [0.29, 0.717) is 12.1 Å².